The zero-order valence-electron chi connectivity index (χ0n) is 9.87. The van der Waals surface area contributed by atoms with Crippen LogP contribution in [0.4, 0.5) is 0 Å². The fraction of sp³-hybridized carbons (Fsp3) is 0. The van der Waals surface area contributed by atoms with E-state index in [1.165, 1.54) is 0 Å². The first-order valence-corrected chi connectivity index (χ1v) is 7.14. The molecule has 0 bridgehead atoms. The fourth-order valence-corrected chi connectivity index (χ4v) is 2.73. The summed E-state index contributed by atoms with van der Waals surface area (Å²) >= 11 is 24.2. The molecule has 100 valence electrons. The average Bonchev–Trinajstić information content (AvgIpc) is 2.40. The molecule has 0 fully saturated rings. The van der Waals surface area contributed by atoms with Gasteiger partial charge in [-0.2, -0.15) is 0 Å². The Balaban J connectivity index is 2.26. The lowest BCUT2D eigenvalue weighted by molar-refractivity contribution is 1.23. The van der Waals surface area contributed by atoms with E-state index in [9.17, 15) is 0 Å². The molecule has 0 N–H and O–H groups in total. The van der Waals surface area contributed by atoms with Crippen molar-refractivity contribution in [1.82, 2.24) is 9.97 Å². The molecule has 2 nitrogen and oxygen atoms in total. The summed E-state index contributed by atoms with van der Waals surface area (Å²) in [6.45, 7) is 0. The van der Waals surface area contributed by atoms with Crippen molar-refractivity contribution in [2.75, 3.05) is 0 Å². The van der Waals surface area contributed by atoms with Crippen molar-refractivity contribution < 1.29 is 0 Å². The SMILES string of the molecule is Clc1ccc(-c2nc(Cl)c3cc(Cl)cc(Cl)c3n2)cc1. The molecule has 0 unspecified atom stereocenters. The number of benzene rings is 2. The predicted molar refractivity (Wildman–Crippen MR) is 85.0 cm³/mol. The van der Waals surface area contributed by atoms with Crippen LogP contribution in [0.5, 0.6) is 0 Å². The van der Waals surface area contributed by atoms with E-state index >= 15 is 0 Å². The largest absolute Gasteiger partial charge is 0.226 e. The molecule has 0 atom stereocenters. The van der Waals surface area contributed by atoms with Gasteiger partial charge in [-0.3, -0.25) is 0 Å². The maximum Gasteiger partial charge on any atom is 0.161 e. The quantitative estimate of drug-likeness (QED) is 0.513. The molecule has 3 aromatic rings. The van der Waals surface area contributed by atoms with Gasteiger partial charge in [0.1, 0.15) is 5.15 Å². The standard InChI is InChI=1S/C14H6Cl4N2/c15-8-3-1-7(2-4-8)14-19-12-10(13(18)20-14)5-9(16)6-11(12)17/h1-6H. The normalized spacial score (nSPS) is 11.0. The van der Waals surface area contributed by atoms with E-state index in [0.717, 1.165) is 5.56 Å². The zero-order chi connectivity index (χ0) is 14.3. The average molecular weight is 344 g/mol. The van der Waals surface area contributed by atoms with Crippen molar-refractivity contribution in [2.24, 2.45) is 0 Å². The first-order valence-electron chi connectivity index (χ1n) is 5.63. The Kier molecular flexibility index (Phi) is 3.74. The van der Waals surface area contributed by atoms with E-state index in [1.807, 2.05) is 12.1 Å². The number of halogens is 4. The van der Waals surface area contributed by atoms with Gasteiger partial charge in [0.05, 0.1) is 10.5 Å². The third-order valence-electron chi connectivity index (χ3n) is 2.77. The number of rotatable bonds is 1. The van der Waals surface area contributed by atoms with Gasteiger partial charge in [0.2, 0.25) is 0 Å². The van der Waals surface area contributed by atoms with Gasteiger partial charge in [-0.1, -0.05) is 46.4 Å². The van der Waals surface area contributed by atoms with Crippen LogP contribution in [-0.2, 0) is 0 Å². The Bertz CT molecular complexity index is 800. The molecule has 1 aromatic heterocycles. The van der Waals surface area contributed by atoms with Crippen molar-refractivity contribution in [3.8, 4) is 11.4 Å². The molecule has 0 amide bonds. The Hall–Kier alpha value is -1.06. The first-order chi connectivity index (χ1) is 9.54. The minimum atomic E-state index is 0.310. The van der Waals surface area contributed by atoms with Gasteiger partial charge >= 0.3 is 0 Å². The Morgan fingerprint density at radius 2 is 1.45 bits per heavy atom. The Morgan fingerprint density at radius 3 is 2.15 bits per heavy atom. The summed E-state index contributed by atoms with van der Waals surface area (Å²) in [5.74, 6) is 0.489. The van der Waals surface area contributed by atoms with Crippen LogP contribution in [0, 0.1) is 0 Å². The molecule has 0 aliphatic carbocycles. The Morgan fingerprint density at radius 1 is 0.750 bits per heavy atom. The maximum atomic E-state index is 6.19. The van der Waals surface area contributed by atoms with Gasteiger partial charge in [-0.25, -0.2) is 9.97 Å². The van der Waals surface area contributed by atoms with Crippen LogP contribution in [0.3, 0.4) is 0 Å². The van der Waals surface area contributed by atoms with Crippen molar-refractivity contribution in [3.05, 3.63) is 56.6 Å². The lowest BCUT2D eigenvalue weighted by Gasteiger charge is -2.06. The molecule has 0 aliphatic rings. The third-order valence-corrected chi connectivity index (χ3v) is 3.82. The lowest BCUT2D eigenvalue weighted by atomic mass is 10.2. The zero-order valence-corrected chi connectivity index (χ0v) is 12.9. The van der Waals surface area contributed by atoms with Crippen molar-refractivity contribution in [1.29, 1.82) is 0 Å². The molecule has 2 aromatic carbocycles. The number of hydrogen-bond donors (Lipinski definition) is 0. The minimum absolute atomic E-state index is 0.310. The molecule has 1 heterocycles. The van der Waals surface area contributed by atoms with Crippen LogP contribution in [0.2, 0.25) is 20.2 Å². The second-order valence-corrected chi connectivity index (χ2v) is 5.77. The molecule has 3 rings (SSSR count). The van der Waals surface area contributed by atoms with Crippen molar-refractivity contribution in [2.45, 2.75) is 0 Å². The van der Waals surface area contributed by atoms with Crippen LogP contribution in [0.25, 0.3) is 22.3 Å². The van der Waals surface area contributed by atoms with Gasteiger partial charge in [0.25, 0.3) is 0 Å². The summed E-state index contributed by atoms with van der Waals surface area (Å²) in [5.41, 5.74) is 1.38. The van der Waals surface area contributed by atoms with Gasteiger partial charge in [0, 0.05) is 21.0 Å². The Labute approximate surface area is 135 Å². The predicted octanol–water partition coefficient (Wildman–Crippen LogP) is 5.91. The number of nitrogens with zero attached hydrogens (tertiary/aromatic N) is 2. The molecule has 0 radical (unpaired) electrons. The summed E-state index contributed by atoms with van der Waals surface area (Å²) in [5, 5.41) is 2.51. The van der Waals surface area contributed by atoms with E-state index in [0.29, 0.717) is 36.9 Å². The highest BCUT2D eigenvalue weighted by atomic mass is 35.5. The molecule has 0 saturated heterocycles. The number of hydrogen-bond acceptors (Lipinski definition) is 2. The summed E-state index contributed by atoms with van der Waals surface area (Å²) in [6.07, 6.45) is 0. The molecule has 20 heavy (non-hydrogen) atoms. The minimum Gasteiger partial charge on any atom is -0.226 e. The van der Waals surface area contributed by atoms with E-state index in [1.54, 1.807) is 24.3 Å². The highest BCUT2D eigenvalue weighted by Crippen LogP contribution is 2.32. The molecule has 6 heteroatoms. The van der Waals surface area contributed by atoms with Crippen LogP contribution < -0.4 is 0 Å². The van der Waals surface area contributed by atoms with E-state index in [4.69, 9.17) is 46.4 Å². The number of aromatic nitrogens is 2. The molecule has 0 spiro atoms. The van der Waals surface area contributed by atoms with Gasteiger partial charge in [-0.15, -0.1) is 0 Å². The second-order valence-electron chi connectivity index (χ2n) is 4.13. The van der Waals surface area contributed by atoms with Crippen LogP contribution in [-0.4, -0.2) is 9.97 Å². The van der Waals surface area contributed by atoms with Gasteiger partial charge in [-0.05, 0) is 36.4 Å². The smallest absolute Gasteiger partial charge is 0.161 e. The molecular formula is C14H6Cl4N2. The maximum absolute atomic E-state index is 6.19. The van der Waals surface area contributed by atoms with Crippen LogP contribution in [0.15, 0.2) is 36.4 Å². The highest BCUT2D eigenvalue weighted by Gasteiger charge is 2.11. The monoisotopic (exact) mass is 342 g/mol. The summed E-state index contributed by atoms with van der Waals surface area (Å²) in [6, 6.07) is 10.5. The van der Waals surface area contributed by atoms with Crippen LogP contribution in [0.1, 0.15) is 0 Å². The first kappa shape index (κ1) is 13.9. The van der Waals surface area contributed by atoms with E-state index in [2.05, 4.69) is 9.97 Å². The van der Waals surface area contributed by atoms with E-state index in [-0.39, 0.29) is 0 Å². The summed E-state index contributed by atoms with van der Waals surface area (Å²) in [4.78, 5) is 8.72. The van der Waals surface area contributed by atoms with Crippen molar-refractivity contribution in [3.63, 3.8) is 0 Å². The van der Waals surface area contributed by atoms with E-state index < -0.39 is 0 Å². The molecule has 0 saturated carbocycles. The van der Waals surface area contributed by atoms with Gasteiger partial charge in [0.15, 0.2) is 5.82 Å². The fourth-order valence-electron chi connectivity index (χ4n) is 1.85. The summed E-state index contributed by atoms with van der Waals surface area (Å²) in [7, 11) is 0. The van der Waals surface area contributed by atoms with Crippen LogP contribution >= 0.6 is 46.4 Å². The molecular weight excluding hydrogens is 338 g/mol. The summed E-state index contributed by atoms with van der Waals surface area (Å²) < 4.78 is 0. The topological polar surface area (TPSA) is 25.8 Å². The number of fused-ring (bicyclic) bond motifs is 1. The van der Waals surface area contributed by atoms with Gasteiger partial charge < -0.3 is 0 Å². The third kappa shape index (κ3) is 2.57. The second kappa shape index (κ2) is 5.38. The molecule has 0 aliphatic heterocycles. The highest BCUT2D eigenvalue weighted by molar-refractivity contribution is 6.41. The van der Waals surface area contributed by atoms with Crippen molar-refractivity contribution >= 4 is 57.3 Å². The lowest BCUT2D eigenvalue weighted by Crippen LogP contribution is -1.92.